The van der Waals surface area contributed by atoms with Gasteiger partial charge < -0.3 is 5.73 Å². The fourth-order valence-electron chi connectivity index (χ4n) is 1.64. The largest absolute Gasteiger partial charge is 0.399 e. The normalized spacial score (nSPS) is 10.3. The first-order valence-corrected chi connectivity index (χ1v) is 6.86. The Labute approximate surface area is 120 Å². The predicted molar refractivity (Wildman–Crippen MR) is 78.5 cm³/mol. The van der Waals surface area contributed by atoms with E-state index in [4.69, 9.17) is 11.6 Å². The molecule has 2 aromatic carbocycles. The molecule has 6 heteroatoms. The predicted octanol–water partition coefficient (Wildman–Crippen LogP) is 2.30. The number of hydrogen-bond donors (Lipinski definition) is 3. The van der Waals surface area contributed by atoms with E-state index in [1.54, 1.807) is 12.1 Å². The second-order valence-corrected chi connectivity index (χ2v) is 5.19. The molecular weight excluding hydrogens is 277 g/mol. The number of benzene rings is 2. The Kier molecular flexibility index (Phi) is 4.60. The number of halogens is 1. The quantitative estimate of drug-likeness (QED) is 0.265. The van der Waals surface area contributed by atoms with Crippen molar-refractivity contribution in [1.82, 2.24) is 5.43 Å². The molecule has 0 aliphatic rings. The van der Waals surface area contributed by atoms with Crippen LogP contribution in [0.15, 0.2) is 47.4 Å². The molecule has 0 unspecified atom stereocenters. The molecule has 5 N–H and O–H groups in total. The van der Waals surface area contributed by atoms with Crippen LogP contribution in [0.2, 0.25) is 0 Å². The maximum atomic E-state index is 13.7. The standard InChI is InChI=1S/C14H14FN3OS/c15-13-6-1-9(14(19)18-17)7-10(13)8-20-12-4-2-11(16)3-5-12/h1-7H,8,16-17H2,(H,18,19). The van der Waals surface area contributed by atoms with Gasteiger partial charge in [-0.25, -0.2) is 10.2 Å². The van der Waals surface area contributed by atoms with Crippen molar-refractivity contribution in [1.29, 1.82) is 0 Å². The summed E-state index contributed by atoms with van der Waals surface area (Å²) in [6.45, 7) is 0. The van der Waals surface area contributed by atoms with Crippen LogP contribution >= 0.6 is 11.8 Å². The lowest BCUT2D eigenvalue weighted by molar-refractivity contribution is 0.0953. The van der Waals surface area contributed by atoms with Gasteiger partial charge >= 0.3 is 0 Å². The molecular formula is C14H14FN3OS. The first-order valence-electron chi connectivity index (χ1n) is 5.88. The van der Waals surface area contributed by atoms with Crippen LogP contribution in [0.1, 0.15) is 15.9 Å². The van der Waals surface area contributed by atoms with Gasteiger partial charge in [0.2, 0.25) is 0 Å². The number of thioether (sulfide) groups is 1. The summed E-state index contributed by atoms with van der Waals surface area (Å²) in [5.74, 6) is 4.69. The summed E-state index contributed by atoms with van der Waals surface area (Å²) in [5.41, 5.74) is 9.10. The van der Waals surface area contributed by atoms with Gasteiger partial charge in [0.05, 0.1) is 0 Å². The van der Waals surface area contributed by atoms with Crippen molar-refractivity contribution in [2.75, 3.05) is 5.73 Å². The Hall–Kier alpha value is -2.05. The van der Waals surface area contributed by atoms with Crippen LogP contribution in [0.3, 0.4) is 0 Å². The van der Waals surface area contributed by atoms with E-state index in [9.17, 15) is 9.18 Å². The van der Waals surface area contributed by atoms with Gasteiger partial charge in [0.1, 0.15) is 5.82 Å². The summed E-state index contributed by atoms with van der Waals surface area (Å²) >= 11 is 1.47. The van der Waals surface area contributed by atoms with Crippen molar-refractivity contribution in [3.05, 3.63) is 59.4 Å². The van der Waals surface area contributed by atoms with Crippen molar-refractivity contribution >= 4 is 23.4 Å². The minimum Gasteiger partial charge on any atom is -0.399 e. The summed E-state index contributed by atoms with van der Waals surface area (Å²) in [6, 6.07) is 11.5. The average molecular weight is 291 g/mol. The molecule has 2 aromatic rings. The molecule has 0 aliphatic carbocycles. The minimum absolute atomic E-state index is 0.335. The molecule has 0 fully saturated rings. The third-order valence-corrected chi connectivity index (χ3v) is 3.77. The van der Waals surface area contributed by atoms with Crippen molar-refractivity contribution in [3.8, 4) is 0 Å². The van der Waals surface area contributed by atoms with Crippen LogP contribution in [0.5, 0.6) is 0 Å². The molecule has 0 aromatic heterocycles. The molecule has 2 rings (SSSR count). The van der Waals surface area contributed by atoms with E-state index in [-0.39, 0.29) is 5.82 Å². The number of hydrazine groups is 1. The van der Waals surface area contributed by atoms with E-state index in [0.29, 0.717) is 22.6 Å². The molecule has 0 bridgehead atoms. The van der Waals surface area contributed by atoms with Crippen molar-refractivity contribution in [2.24, 2.45) is 5.84 Å². The third-order valence-electron chi connectivity index (χ3n) is 2.71. The molecule has 0 spiro atoms. The summed E-state index contributed by atoms with van der Waals surface area (Å²) < 4.78 is 13.7. The SMILES string of the molecule is NNC(=O)c1ccc(F)c(CSc2ccc(N)cc2)c1. The highest BCUT2D eigenvalue weighted by atomic mass is 32.2. The van der Waals surface area contributed by atoms with Gasteiger partial charge in [0.15, 0.2) is 0 Å². The highest BCUT2D eigenvalue weighted by Crippen LogP contribution is 2.25. The maximum Gasteiger partial charge on any atom is 0.265 e. The number of carbonyl (C=O) groups is 1. The first-order chi connectivity index (χ1) is 9.60. The van der Waals surface area contributed by atoms with Gasteiger partial charge in [-0.05, 0) is 48.0 Å². The average Bonchev–Trinajstić information content (AvgIpc) is 2.47. The molecule has 0 aliphatic heterocycles. The van der Waals surface area contributed by atoms with Crippen LogP contribution in [0, 0.1) is 5.82 Å². The molecule has 20 heavy (non-hydrogen) atoms. The van der Waals surface area contributed by atoms with Gasteiger partial charge in [0.25, 0.3) is 5.91 Å². The number of nitrogen functional groups attached to an aromatic ring is 2. The zero-order valence-electron chi connectivity index (χ0n) is 10.6. The zero-order valence-corrected chi connectivity index (χ0v) is 11.4. The van der Waals surface area contributed by atoms with Gasteiger partial charge in [-0.1, -0.05) is 0 Å². The van der Waals surface area contributed by atoms with Crippen molar-refractivity contribution < 1.29 is 9.18 Å². The number of carbonyl (C=O) groups excluding carboxylic acids is 1. The van der Waals surface area contributed by atoms with Crippen LogP contribution in [0.25, 0.3) is 0 Å². The lowest BCUT2D eigenvalue weighted by Gasteiger charge is -2.06. The highest BCUT2D eigenvalue weighted by molar-refractivity contribution is 7.98. The summed E-state index contributed by atoms with van der Waals surface area (Å²) in [6.07, 6.45) is 0. The lowest BCUT2D eigenvalue weighted by atomic mass is 10.1. The van der Waals surface area contributed by atoms with E-state index in [1.165, 1.54) is 30.0 Å². The van der Waals surface area contributed by atoms with E-state index >= 15 is 0 Å². The van der Waals surface area contributed by atoms with E-state index in [0.717, 1.165) is 4.90 Å². The molecule has 0 saturated carbocycles. The second-order valence-electron chi connectivity index (χ2n) is 4.14. The van der Waals surface area contributed by atoms with Crippen molar-refractivity contribution in [2.45, 2.75) is 10.6 Å². The van der Waals surface area contributed by atoms with Crippen LogP contribution in [0.4, 0.5) is 10.1 Å². The first kappa shape index (κ1) is 14.4. The van der Waals surface area contributed by atoms with Crippen LogP contribution < -0.4 is 17.0 Å². The Morgan fingerprint density at radius 3 is 2.55 bits per heavy atom. The number of rotatable bonds is 4. The Bertz CT molecular complexity index is 616. The number of anilines is 1. The topological polar surface area (TPSA) is 81.1 Å². The number of amides is 1. The minimum atomic E-state index is -0.441. The summed E-state index contributed by atoms with van der Waals surface area (Å²) in [7, 11) is 0. The van der Waals surface area contributed by atoms with Crippen molar-refractivity contribution in [3.63, 3.8) is 0 Å². The van der Waals surface area contributed by atoms with Gasteiger partial charge in [-0.2, -0.15) is 0 Å². The molecule has 4 nitrogen and oxygen atoms in total. The van der Waals surface area contributed by atoms with Crippen LogP contribution in [-0.2, 0) is 5.75 Å². The zero-order chi connectivity index (χ0) is 14.5. The van der Waals surface area contributed by atoms with E-state index < -0.39 is 5.91 Å². The molecule has 0 saturated heterocycles. The van der Waals surface area contributed by atoms with Crippen LogP contribution in [-0.4, -0.2) is 5.91 Å². The monoisotopic (exact) mass is 291 g/mol. The fourth-order valence-corrected chi connectivity index (χ4v) is 2.51. The fraction of sp³-hybridized carbons (Fsp3) is 0.0714. The summed E-state index contributed by atoms with van der Waals surface area (Å²) in [5, 5.41) is 0. The number of hydrogen-bond acceptors (Lipinski definition) is 4. The summed E-state index contributed by atoms with van der Waals surface area (Å²) in [4.78, 5) is 12.4. The Morgan fingerprint density at radius 2 is 1.90 bits per heavy atom. The molecule has 104 valence electrons. The molecule has 1 amide bonds. The van der Waals surface area contributed by atoms with Gasteiger partial charge in [-0.3, -0.25) is 10.2 Å². The third kappa shape index (κ3) is 3.49. The number of nitrogens with two attached hydrogens (primary N) is 2. The molecule has 0 radical (unpaired) electrons. The van der Waals surface area contributed by atoms with Gasteiger partial charge in [0, 0.05) is 21.9 Å². The lowest BCUT2D eigenvalue weighted by Crippen LogP contribution is -2.30. The maximum absolute atomic E-state index is 13.7. The highest BCUT2D eigenvalue weighted by Gasteiger charge is 2.09. The number of nitrogens with one attached hydrogen (secondary N) is 1. The Morgan fingerprint density at radius 1 is 1.20 bits per heavy atom. The smallest absolute Gasteiger partial charge is 0.265 e. The van der Waals surface area contributed by atoms with E-state index in [1.807, 2.05) is 17.6 Å². The second kappa shape index (κ2) is 6.40. The molecule has 0 atom stereocenters. The van der Waals surface area contributed by atoms with E-state index in [2.05, 4.69) is 0 Å². The molecule has 0 heterocycles. The van der Waals surface area contributed by atoms with Gasteiger partial charge in [-0.15, -0.1) is 11.8 Å². The Balaban J connectivity index is 2.12.